The van der Waals surface area contributed by atoms with E-state index in [4.69, 9.17) is 39.5 Å². The van der Waals surface area contributed by atoms with E-state index in [1.165, 1.54) is 0 Å². The summed E-state index contributed by atoms with van der Waals surface area (Å²) in [4.78, 5) is 26.0. The summed E-state index contributed by atoms with van der Waals surface area (Å²) in [6.07, 6.45) is 0. The highest BCUT2D eigenvalue weighted by atomic mass is 35.5. The van der Waals surface area contributed by atoms with Crippen molar-refractivity contribution in [2.24, 2.45) is 0 Å². The third-order valence-corrected chi connectivity index (χ3v) is 5.75. The molecule has 4 rings (SSSR count). The summed E-state index contributed by atoms with van der Waals surface area (Å²) in [7, 11) is 0. The molecule has 0 aliphatic rings. The van der Waals surface area contributed by atoms with E-state index >= 15 is 0 Å². The van der Waals surface area contributed by atoms with Crippen molar-refractivity contribution >= 4 is 52.2 Å². The number of halogens is 3. The van der Waals surface area contributed by atoms with E-state index in [-0.39, 0.29) is 18.3 Å². The van der Waals surface area contributed by atoms with Gasteiger partial charge in [-0.1, -0.05) is 77.3 Å². The molecule has 0 heterocycles. The zero-order valence-electron chi connectivity index (χ0n) is 17.7. The van der Waals surface area contributed by atoms with E-state index < -0.39 is 0 Å². The summed E-state index contributed by atoms with van der Waals surface area (Å²) in [5, 5.41) is 4.15. The van der Waals surface area contributed by atoms with Gasteiger partial charge in [0.2, 0.25) is 0 Å². The highest BCUT2D eigenvalue weighted by molar-refractivity contribution is 6.35. The van der Waals surface area contributed by atoms with Crippen LogP contribution in [-0.4, -0.2) is 11.7 Å². The van der Waals surface area contributed by atoms with E-state index in [0.717, 1.165) is 5.56 Å². The standard InChI is InChI=1S/C27H18Cl3NO3/c28-20-9-11-24(22(14-20)26(32)18-6-2-1-3-7-18)31-27(33)19-8-4-5-17(13-19)16-34-25-12-10-21(29)15-23(25)30/h1-15H,16H2,(H,31,33). The van der Waals surface area contributed by atoms with Crippen LogP contribution >= 0.6 is 34.8 Å². The SMILES string of the molecule is O=C(Nc1ccc(Cl)cc1C(=O)c1ccccc1)c1cccc(COc2ccc(Cl)cc2Cl)c1. The molecule has 4 aromatic carbocycles. The maximum absolute atomic E-state index is 13.0. The number of carbonyl (C=O) groups is 2. The monoisotopic (exact) mass is 509 g/mol. The fraction of sp³-hybridized carbons (Fsp3) is 0.0370. The smallest absolute Gasteiger partial charge is 0.255 e. The molecule has 4 nitrogen and oxygen atoms in total. The number of carbonyl (C=O) groups excluding carboxylic acids is 2. The van der Waals surface area contributed by atoms with Gasteiger partial charge in [-0.3, -0.25) is 9.59 Å². The molecule has 0 saturated carbocycles. The van der Waals surface area contributed by atoms with Gasteiger partial charge in [0.25, 0.3) is 5.91 Å². The molecule has 0 bridgehead atoms. The second kappa shape index (κ2) is 10.7. The third-order valence-electron chi connectivity index (χ3n) is 4.99. The van der Waals surface area contributed by atoms with Crippen LogP contribution in [0.1, 0.15) is 31.8 Å². The Labute approximate surface area is 212 Å². The van der Waals surface area contributed by atoms with Crippen LogP contribution in [0, 0.1) is 0 Å². The summed E-state index contributed by atoms with van der Waals surface area (Å²) in [6, 6.07) is 25.6. The van der Waals surface area contributed by atoms with Crippen LogP contribution in [0.15, 0.2) is 91.0 Å². The molecule has 0 aliphatic carbocycles. The average molecular weight is 511 g/mol. The van der Waals surface area contributed by atoms with Crippen molar-refractivity contribution < 1.29 is 14.3 Å². The minimum atomic E-state index is -0.365. The average Bonchev–Trinajstić information content (AvgIpc) is 2.85. The Balaban J connectivity index is 1.52. The molecular weight excluding hydrogens is 493 g/mol. The molecule has 1 amide bonds. The number of rotatable bonds is 7. The molecule has 0 unspecified atom stereocenters. The van der Waals surface area contributed by atoms with E-state index in [0.29, 0.717) is 43.2 Å². The van der Waals surface area contributed by atoms with Crippen molar-refractivity contribution in [3.05, 3.63) is 128 Å². The first kappa shape index (κ1) is 23.8. The van der Waals surface area contributed by atoms with Crippen LogP contribution < -0.4 is 10.1 Å². The predicted molar refractivity (Wildman–Crippen MR) is 137 cm³/mol. The number of nitrogens with one attached hydrogen (secondary N) is 1. The Morgan fingerprint density at radius 3 is 2.21 bits per heavy atom. The minimum Gasteiger partial charge on any atom is -0.487 e. The first-order valence-electron chi connectivity index (χ1n) is 10.3. The Morgan fingerprint density at radius 2 is 1.44 bits per heavy atom. The van der Waals surface area contributed by atoms with Gasteiger partial charge in [0, 0.05) is 26.7 Å². The number of hydrogen-bond donors (Lipinski definition) is 1. The zero-order valence-corrected chi connectivity index (χ0v) is 20.0. The van der Waals surface area contributed by atoms with E-state index in [2.05, 4.69) is 5.32 Å². The normalized spacial score (nSPS) is 10.6. The highest BCUT2D eigenvalue weighted by Crippen LogP contribution is 2.28. The lowest BCUT2D eigenvalue weighted by Gasteiger charge is -2.12. The van der Waals surface area contributed by atoms with E-state index in [1.807, 2.05) is 12.1 Å². The molecule has 0 saturated heterocycles. The lowest BCUT2D eigenvalue weighted by Crippen LogP contribution is -2.15. The molecule has 170 valence electrons. The topological polar surface area (TPSA) is 55.4 Å². The third kappa shape index (κ3) is 5.78. The van der Waals surface area contributed by atoms with Crippen LogP contribution in [0.4, 0.5) is 5.69 Å². The Hall–Kier alpha value is -3.31. The Kier molecular flexibility index (Phi) is 7.53. The second-order valence-corrected chi connectivity index (χ2v) is 8.68. The summed E-state index contributed by atoms with van der Waals surface area (Å²) in [5.41, 5.74) is 2.37. The molecule has 4 aromatic rings. The number of amides is 1. The molecule has 0 radical (unpaired) electrons. The number of benzene rings is 4. The molecule has 0 fully saturated rings. The number of anilines is 1. The van der Waals surface area contributed by atoms with Crippen molar-refractivity contribution in [1.29, 1.82) is 0 Å². The van der Waals surface area contributed by atoms with Gasteiger partial charge in [0.1, 0.15) is 12.4 Å². The minimum absolute atomic E-state index is 0.209. The Morgan fingerprint density at radius 1 is 0.735 bits per heavy atom. The van der Waals surface area contributed by atoms with Gasteiger partial charge in [-0.2, -0.15) is 0 Å². The maximum atomic E-state index is 13.0. The number of hydrogen-bond acceptors (Lipinski definition) is 3. The summed E-state index contributed by atoms with van der Waals surface area (Å²) in [6.45, 7) is 0.209. The van der Waals surface area contributed by atoms with Crippen LogP contribution in [0.3, 0.4) is 0 Å². The van der Waals surface area contributed by atoms with Crippen LogP contribution in [0.25, 0.3) is 0 Å². The van der Waals surface area contributed by atoms with Gasteiger partial charge in [-0.25, -0.2) is 0 Å². The molecule has 0 spiro atoms. The van der Waals surface area contributed by atoms with Crippen LogP contribution in [-0.2, 0) is 6.61 Å². The highest BCUT2D eigenvalue weighted by Gasteiger charge is 2.17. The maximum Gasteiger partial charge on any atom is 0.255 e. The fourth-order valence-electron chi connectivity index (χ4n) is 3.31. The van der Waals surface area contributed by atoms with Crippen LogP contribution in [0.5, 0.6) is 5.75 Å². The molecule has 7 heteroatoms. The summed E-state index contributed by atoms with van der Waals surface area (Å²) in [5.74, 6) is -0.109. The predicted octanol–water partition coefficient (Wildman–Crippen LogP) is 7.71. The quantitative estimate of drug-likeness (QED) is 0.259. The van der Waals surface area contributed by atoms with Crippen molar-refractivity contribution in [2.75, 3.05) is 5.32 Å². The molecule has 34 heavy (non-hydrogen) atoms. The van der Waals surface area contributed by atoms with Crippen molar-refractivity contribution in [1.82, 2.24) is 0 Å². The van der Waals surface area contributed by atoms with E-state index in [1.54, 1.807) is 78.9 Å². The zero-order chi connectivity index (χ0) is 24.1. The largest absolute Gasteiger partial charge is 0.487 e. The van der Waals surface area contributed by atoms with Crippen molar-refractivity contribution in [2.45, 2.75) is 6.61 Å². The number of ketones is 1. The van der Waals surface area contributed by atoms with Gasteiger partial charge < -0.3 is 10.1 Å². The van der Waals surface area contributed by atoms with Gasteiger partial charge in [-0.05, 0) is 54.1 Å². The number of ether oxygens (including phenoxy) is 1. The summed E-state index contributed by atoms with van der Waals surface area (Å²) < 4.78 is 5.76. The van der Waals surface area contributed by atoms with Gasteiger partial charge in [-0.15, -0.1) is 0 Å². The summed E-state index contributed by atoms with van der Waals surface area (Å²) >= 11 is 18.2. The first-order valence-corrected chi connectivity index (χ1v) is 11.4. The lowest BCUT2D eigenvalue weighted by atomic mass is 10.0. The van der Waals surface area contributed by atoms with Gasteiger partial charge in [0.05, 0.1) is 10.7 Å². The molecule has 1 N–H and O–H groups in total. The van der Waals surface area contributed by atoms with Gasteiger partial charge in [0.15, 0.2) is 5.78 Å². The molecule has 0 aromatic heterocycles. The first-order chi connectivity index (χ1) is 16.4. The molecular formula is C27H18Cl3NO3. The Bertz CT molecular complexity index is 1360. The van der Waals surface area contributed by atoms with Gasteiger partial charge >= 0.3 is 0 Å². The lowest BCUT2D eigenvalue weighted by molar-refractivity contribution is 0.102. The van der Waals surface area contributed by atoms with Crippen molar-refractivity contribution in [3.63, 3.8) is 0 Å². The fourth-order valence-corrected chi connectivity index (χ4v) is 3.94. The molecule has 0 aliphatic heterocycles. The van der Waals surface area contributed by atoms with Crippen molar-refractivity contribution in [3.8, 4) is 5.75 Å². The van der Waals surface area contributed by atoms with Crippen LogP contribution in [0.2, 0.25) is 15.1 Å². The molecule has 0 atom stereocenters. The van der Waals surface area contributed by atoms with E-state index in [9.17, 15) is 9.59 Å². The second-order valence-electron chi connectivity index (χ2n) is 7.40.